The number of aliphatic hydroxyl groups is 1. The lowest BCUT2D eigenvalue weighted by Crippen LogP contribution is -2.30. The Balaban J connectivity index is 1.74. The molecule has 0 atom stereocenters. The van der Waals surface area contributed by atoms with Crippen molar-refractivity contribution in [3.63, 3.8) is 0 Å². The highest BCUT2D eigenvalue weighted by Crippen LogP contribution is 2.37. The minimum absolute atomic E-state index is 0.281. The Morgan fingerprint density at radius 3 is 2.20 bits per heavy atom. The number of hydrogen-bond acceptors (Lipinski definition) is 3. The van der Waals surface area contributed by atoms with Crippen LogP contribution in [0.3, 0.4) is 0 Å². The van der Waals surface area contributed by atoms with Gasteiger partial charge in [-0.15, -0.1) is 0 Å². The lowest BCUT2D eigenvalue weighted by atomic mass is 9.91. The molecule has 1 aliphatic heterocycles. The summed E-state index contributed by atoms with van der Waals surface area (Å²) >= 11 is 12.8. The molecule has 41 heavy (non-hydrogen) atoms. The second-order valence-electron chi connectivity index (χ2n) is 11.4. The zero-order valence-electron chi connectivity index (χ0n) is 25.5. The fraction of sp³-hybridized carbons (Fsp3) is 0.629. The van der Waals surface area contributed by atoms with Crippen LogP contribution in [-0.2, 0) is 13.0 Å². The average Bonchev–Trinajstić information content (AvgIpc) is 2.97. The third kappa shape index (κ3) is 11.1. The summed E-state index contributed by atoms with van der Waals surface area (Å²) in [5.41, 5.74) is 5.06. The molecule has 0 saturated heterocycles. The van der Waals surface area contributed by atoms with Crippen LogP contribution in [0.2, 0.25) is 10.0 Å². The van der Waals surface area contributed by atoms with Crippen molar-refractivity contribution < 1.29 is 19.2 Å². The van der Waals surface area contributed by atoms with Crippen LogP contribution in [0.25, 0.3) is 0 Å². The summed E-state index contributed by atoms with van der Waals surface area (Å²) in [4.78, 5) is 0. The van der Waals surface area contributed by atoms with Gasteiger partial charge in [0, 0.05) is 41.2 Å². The molecule has 0 fully saturated rings. The van der Waals surface area contributed by atoms with E-state index in [0.717, 1.165) is 80.1 Å². The molecular weight excluding hydrogens is 553 g/mol. The topological polar surface area (TPSA) is 41.7 Å². The Morgan fingerprint density at radius 1 is 0.829 bits per heavy atom. The molecule has 0 spiro atoms. The highest BCUT2D eigenvalue weighted by molar-refractivity contribution is 6.35. The minimum Gasteiger partial charge on any atom is -0.493 e. The van der Waals surface area contributed by atoms with Gasteiger partial charge >= 0.3 is 0 Å². The van der Waals surface area contributed by atoms with E-state index < -0.39 is 0 Å². The van der Waals surface area contributed by atoms with E-state index in [-0.39, 0.29) is 6.61 Å². The smallest absolute Gasteiger partial charge is 0.184 e. The van der Waals surface area contributed by atoms with Crippen LogP contribution in [0.15, 0.2) is 30.3 Å². The number of hydrogen-bond donors (Lipinski definition) is 1. The van der Waals surface area contributed by atoms with Crippen LogP contribution < -0.4 is 9.47 Å². The maximum absolute atomic E-state index is 9.01. The third-order valence-electron chi connectivity index (χ3n) is 8.21. The molecule has 2 aromatic rings. The second-order valence-corrected chi connectivity index (χ2v) is 12.2. The van der Waals surface area contributed by atoms with Crippen molar-refractivity contribution in [2.45, 2.75) is 116 Å². The van der Waals surface area contributed by atoms with Gasteiger partial charge in [-0.1, -0.05) is 101 Å². The molecule has 0 aliphatic carbocycles. The van der Waals surface area contributed by atoms with E-state index in [0.29, 0.717) is 11.6 Å². The van der Waals surface area contributed by atoms with Crippen molar-refractivity contribution in [3.8, 4) is 11.5 Å². The predicted octanol–water partition coefficient (Wildman–Crippen LogP) is 9.80. The minimum atomic E-state index is 0.281. The first-order valence-electron chi connectivity index (χ1n) is 16.1. The molecule has 6 heteroatoms. The Kier molecular flexibility index (Phi) is 16.0. The molecule has 3 rings (SSSR count). The molecule has 0 radical (unpaired) electrons. The second kappa shape index (κ2) is 19.4. The average molecular weight is 606 g/mol. The predicted molar refractivity (Wildman–Crippen MR) is 174 cm³/mol. The lowest BCUT2D eigenvalue weighted by molar-refractivity contribution is -0.545. The van der Waals surface area contributed by atoms with Crippen molar-refractivity contribution in [3.05, 3.63) is 57.1 Å². The van der Waals surface area contributed by atoms with E-state index in [4.69, 9.17) is 37.8 Å². The highest BCUT2D eigenvalue weighted by atomic mass is 35.5. The lowest BCUT2D eigenvalue weighted by Gasteiger charge is -2.23. The first-order chi connectivity index (χ1) is 20.1. The maximum Gasteiger partial charge on any atom is 0.184 e. The van der Waals surface area contributed by atoms with Crippen LogP contribution in [0.5, 0.6) is 11.5 Å². The van der Waals surface area contributed by atoms with E-state index in [1.54, 1.807) is 7.11 Å². The Morgan fingerprint density at radius 2 is 1.51 bits per heavy atom. The van der Waals surface area contributed by atoms with Gasteiger partial charge in [-0.25, -0.2) is 4.58 Å². The summed E-state index contributed by atoms with van der Waals surface area (Å²) in [6.07, 6.45) is 19.1. The maximum atomic E-state index is 9.01. The highest BCUT2D eigenvalue weighted by Gasteiger charge is 2.30. The third-order valence-corrected chi connectivity index (χ3v) is 8.80. The Bertz CT molecular complexity index is 1090. The number of halogens is 2. The summed E-state index contributed by atoms with van der Waals surface area (Å²) in [5, 5.41) is 10.4. The summed E-state index contributed by atoms with van der Waals surface area (Å²) in [6.45, 7) is 4.94. The van der Waals surface area contributed by atoms with Crippen LogP contribution in [0.1, 0.15) is 120 Å². The Labute approximate surface area is 259 Å². The fourth-order valence-corrected chi connectivity index (χ4v) is 6.31. The van der Waals surface area contributed by atoms with Crippen LogP contribution in [0, 0.1) is 0 Å². The molecule has 2 aromatic carbocycles. The van der Waals surface area contributed by atoms with Crippen molar-refractivity contribution in [2.24, 2.45) is 0 Å². The molecule has 0 saturated carbocycles. The molecule has 1 N–H and O–H groups in total. The molecule has 1 aliphatic rings. The zero-order valence-corrected chi connectivity index (χ0v) is 27.0. The van der Waals surface area contributed by atoms with E-state index in [9.17, 15) is 0 Å². The molecule has 0 bridgehead atoms. The van der Waals surface area contributed by atoms with Crippen molar-refractivity contribution in [1.82, 2.24) is 0 Å². The summed E-state index contributed by atoms with van der Waals surface area (Å²) in [7, 11) is 1.73. The number of fused-ring (bicyclic) bond motifs is 1. The zero-order chi connectivity index (χ0) is 29.3. The molecule has 0 unspecified atom stereocenters. The van der Waals surface area contributed by atoms with Crippen molar-refractivity contribution >= 4 is 28.9 Å². The number of ether oxygens (including phenoxy) is 2. The summed E-state index contributed by atoms with van der Waals surface area (Å²) in [6, 6.07) is 10.1. The molecule has 0 aromatic heterocycles. The number of unbranched alkanes of at least 4 members (excludes halogenated alkanes) is 12. The van der Waals surface area contributed by atoms with Gasteiger partial charge in [0.2, 0.25) is 0 Å². The molecule has 0 amide bonds. The molecule has 228 valence electrons. The first kappa shape index (κ1) is 33.7. The number of methoxy groups -OCH3 is 1. The van der Waals surface area contributed by atoms with Crippen LogP contribution in [-0.4, -0.2) is 42.3 Å². The van der Waals surface area contributed by atoms with Crippen molar-refractivity contribution in [1.29, 1.82) is 0 Å². The standard InChI is InChI=1S/C35H52Cl2NO3/c1-3-4-5-6-7-8-9-11-14-17-33-30-20-21-34(40-2)35(41-25-16-13-10-12-15-24-39)31(30)22-23-38(33)27-28-18-19-29(36)26-32(28)37/h18-21,26,39H,3-17,22-25,27H2,1-2H3/q+1. The van der Waals surface area contributed by atoms with Gasteiger partial charge in [-0.05, 0) is 49.6 Å². The van der Waals surface area contributed by atoms with Gasteiger partial charge in [0.25, 0.3) is 0 Å². The number of nitrogens with zero attached hydrogens (tertiary/aromatic N) is 1. The van der Waals surface area contributed by atoms with Crippen LogP contribution >= 0.6 is 23.2 Å². The van der Waals surface area contributed by atoms with Gasteiger partial charge in [0.15, 0.2) is 23.8 Å². The van der Waals surface area contributed by atoms with Crippen LogP contribution in [0.4, 0.5) is 0 Å². The van der Waals surface area contributed by atoms with E-state index in [1.807, 2.05) is 12.1 Å². The first-order valence-corrected chi connectivity index (χ1v) is 16.8. The van der Waals surface area contributed by atoms with Gasteiger partial charge in [0.1, 0.15) is 6.54 Å². The van der Waals surface area contributed by atoms with Crippen molar-refractivity contribution in [2.75, 3.05) is 26.9 Å². The number of aliphatic hydroxyl groups excluding tert-OH is 1. The van der Waals surface area contributed by atoms with E-state index >= 15 is 0 Å². The SMILES string of the molecule is CCCCCCCCCCCC1=[N+](Cc2ccc(Cl)cc2Cl)CCc2c1ccc(OC)c2OCCCCCCCO. The molecule has 1 heterocycles. The monoisotopic (exact) mass is 604 g/mol. The number of benzene rings is 2. The van der Waals surface area contributed by atoms with Gasteiger partial charge in [-0.3, -0.25) is 0 Å². The van der Waals surface area contributed by atoms with E-state index in [2.05, 4.69) is 29.7 Å². The van der Waals surface area contributed by atoms with Gasteiger partial charge in [0.05, 0.1) is 18.7 Å². The number of rotatable bonds is 21. The largest absolute Gasteiger partial charge is 0.493 e. The summed E-state index contributed by atoms with van der Waals surface area (Å²) in [5.74, 6) is 1.73. The fourth-order valence-electron chi connectivity index (χ4n) is 5.84. The normalized spacial score (nSPS) is 13.0. The quantitative estimate of drug-likeness (QED) is 0.114. The molecule has 4 nitrogen and oxygen atoms in total. The summed E-state index contributed by atoms with van der Waals surface area (Å²) < 4.78 is 14.7. The molecular formula is C35H52Cl2NO3+. The van der Waals surface area contributed by atoms with E-state index in [1.165, 1.54) is 74.6 Å². The van der Waals surface area contributed by atoms with Gasteiger partial charge in [-0.2, -0.15) is 0 Å². The van der Waals surface area contributed by atoms with Gasteiger partial charge < -0.3 is 14.6 Å². The Hall–Kier alpha value is -1.75.